The molecule has 0 saturated heterocycles. The topological polar surface area (TPSA) is 57.8 Å². The Hall–Kier alpha value is -1.78. The van der Waals surface area contributed by atoms with Crippen LogP contribution in [0.3, 0.4) is 0 Å². The first-order chi connectivity index (χ1) is 10.1. The van der Waals surface area contributed by atoms with Gasteiger partial charge in [-0.15, -0.1) is 0 Å². The van der Waals surface area contributed by atoms with Crippen LogP contribution in [0.15, 0.2) is 36.7 Å². The summed E-state index contributed by atoms with van der Waals surface area (Å²) >= 11 is 11.9. The quantitative estimate of drug-likeness (QED) is 0.817. The van der Waals surface area contributed by atoms with Gasteiger partial charge in [0.2, 0.25) is 5.91 Å². The normalized spacial score (nSPS) is 12.5. The molecule has 1 aromatic heterocycles. The highest BCUT2D eigenvalue weighted by molar-refractivity contribution is 6.34. The van der Waals surface area contributed by atoms with Crippen molar-refractivity contribution in [3.8, 4) is 0 Å². The van der Waals surface area contributed by atoms with Gasteiger partial charge in [0, 0.05) is 28.5 Å². The molecule has 21 heavy (non-hydrogen) atoms. The van der Waals surface area contributed by atoms with Crippen LogP contribution in [0.25, 0.3) is 6.08 Å². The second kappa shape index (κ2) is 7.29. The molecule has 0 spiro atoms. The average Bonchev–Trinajstić information content (AvgIpc) is 2.99. The molecule has 4 nitrogen and oxygen atoms in total. The number of hydrogen-bond donors (Lipinski definition) is 2. The van der Waals surface area contributed by atoms with Crippen LogP contribution in [0, 0.1) is 0 Å². The number of imidazole rings is 1. The van der Waals surface area contributed by atoms with E-state index in [1.807, 2.05) is 6.92 Å². The summed E-state index contributed by atoms with van der Waals surface area (Å²) in [4.78, 5) is 19.1. The number of aromatic amines is 1. The third-order valence-electron chi connectivity index (χ3n) is 2.95. The fourth-order valence-corrected chi connectivity index (χ4v) is 2.22. The van der Waals surface area contributed by atoms with Gasteiger partial charge in [-0.25, -0.2) is 4.98 Å². The van der Waals surface area contributed by atoms with E-state index in [1.54, 1.807) is 36.7 Å². The number of amides is 1. The van der Waals surface area contributed by atoms with E-state index in [-0.39, 0.29) is 11.9 Å². The second-order valence-corrected chi connectivity index (χ2v) is 5.29. The van der Waals surface area contributed by atoms with Gasteiger partial charge in [0.05, 0.1) is 6.04 Å². The number of carbonyl (C=O) groups excluding carboxylic acids is 1. The Morgan fingerprint density at radius 3 is 2.95 bits per heavy atom. The summed E-state index contributed by atoms with van der Waals surface area (Å²) in [5, 5.41) is 3.99. The number of H-pyrrole nitrogens is 1. The fourth-order valence-electron chi connectivity index (χ4n) is 1.86. The van der Waals surface area contributed by atoms with Crippen molar-refractivity contribution in [2.45, 2.75) is 19.4 Å². The highest BCUT2D eigenvalue weighted by atomic mass is 35.5. The zero-order valence-corrected chi connectivity index (χ0v) is 12.9. The molecule has 1 atom stereocenters. The van der Waals surface area contributed by atoms with Crippen molar-refractivity contribution in [2.24, 2.45) is 0 Å². The molecule has 6 heteroatoms. The van der Waals surface area contributed by atoms with Gasteiger partial charge >= 0.3 is 0 Å². The van der Waals surface area contributed by atoms with Crippen molar-refractivity contribution in [1.82, 2.24) is 15.3 Å². The molecule has 0 bridgehead atoms. The summed E-state index contributed by atoms with van der Waals surface area (Å²) in [6, 6.07) is 4.95. The number of carbonyl (C=O) groups is 1. The molecule has 0 aliphatic heterocycles. The van der Waals surface area contributed by atoms with Crippen LogP contribution in [0.1, 0.15) is 30.8 Å². The highest BCUT2D eigenvalue weighted by Gasteiger charge is 2.12. The minimum Gasteiger partial charge on any atom is -0.347 e. The molecule has 0 radical (unpaired) electrons. The van der Waals surface area contributed by atoms with Crippen molar-refractivity contribution in [2.75, 3.05) is 0 Å². The summed E-state index contributed by atoms with van der Waals surface area (Å²) < 4.78 is 0. The molecule has 0 aliphatic rings. The predicted octanol–water partition coefficient (Wildman–Crippen LogP) is 4.00. The lowest BCUT2D eigenvalue weighted by Gasteiger charge is -2.12. The predicted molar refractivity (Wildman–Crippen MR) is 85.3 cm³/mol. The molecule has 1 aromatic carbocycles. The molecule has 0 saturated carbocycles. The zero-order chi connectivity index (χ0) is 15.2. The lowest BCUT2D eigenvalue weighted by Crippen LogP contribution is -2.27. The van der Waals surface area contributed by atoms with Crippen molar-refractivity contribution in [1.29, 1.82) is 0 Å². The fraction of sp³-hybridized carbons (Fsp3) is 0.200. The van der Waals surface area contributed by atoms with Crippen molar-refractivity contribution >= 4 is 35.2 Å². The van der Waals surface area contributed by atoms with E-state index >= 15 is 0 Å². The molecular weight excluding hydrogens is 309 g/mol. The summed E-state index contributed by atoms with van der Waals surface area (Å²) in [6.45, 7) is 1.98. The Morgan fingerprint density at radius 2 is 2.29 bits per heavy atom. The largest absolute Gasteiger partial charge is 0.347 e. The van der Waals surface area contributed by atoms with E-state index in [1.165, 1.54) is 6.08 Å². The summed E-state index contributed by atoms with van der Waals surface area (Å²) in [5.41, 5.74) is 0.699. The first-order valence-corrected chi connectivity index (χ1v) is 7.28. The van der Waals surface area contributed by atoms with Gasteiger partial charge < -0.3 is 10.3 Å². The van der Waals surface area contributed by atoms with Crippen LogP contribution in [0.4, 0.5) is 0 Å². The van der Waals surface area contributed by atoms with Crippen molar-refractivity contribution in [3.05, 3.63) is 58.1 Å². The van der Waals surface area contributed by atoms with E-state index in [4.69, 9.17) is 23.2 Å². The van der Waals surface area contributed by atoms with Crippen LogP contribution in [-0.2, 0) is 4.79 Å². The molecule has 2 aromatic rings. The SMILES string of the molecule is CCC(NC(=O)/C=C/c1cc(Cl)ccc1Cl)c1ncc[nH]1. The van der Waals surface area contributed by atoms with Gasteiger partial charge in [-0.2, -0.15) is 0 Å². The number of hydrogen-bond acceptors (Lipinski definition) is 2. The Morgan fingerprint density at radius 1 is 1.48 bits per heavy atom. The van der Waals surface area contributed by atoms with Gasteiger partial charge in [0.15, 0.2) is 0 Å². The smallest absolute Gasteiger partial charge is 0.244 e. The summed E-state index contributed by atoms with van der Waals surface area (Å²) in [5.74, 6) is 0.523. The number of nitrogens with zero attached hydrogens (tertiary/aromatic N) is 1. The van der Waals surface area contributed by atoms with Gasteiger partial charge in [-0.3, -0.25) is 4.79 Å². The van der Waals surface area contributed by atoms with Gasteiger partial charge in [-0.05, 0) is 36.3 Å². The minimum absolute atomic E-state index is 0.146. The molecule has 1 heterocycles. The first-order valence-electron chi connectivity index (χ1n) is 6.53. The van der Waals surface area contributed by atoms with E-state index in [0.717, 1.165) is 12.2 Å². The molecular formula is C15H15Cl2N3O. The number of nitrogens with one attached hydrogen (secondary N) is 2. The Bertz CT molecular complexity index is 638. The van der Waals surface area contributed by atoms with Gasteiger partial charge in [0.25, 0.3) is 0 Å². The Labute approximate surface area is 133 Å². The third kappa shape index (κ3) is 4.34. The van der Waals surface area contributed by atoms with Crippen LogP contribution < -0.4 is 5.32 Å². The van der Waals surface area contributed by atoms with Crippen molar-refractivity contribution in [3.63, 3.8) is 0 Å². The lowest BCUT2D eigenvalue weighted by atomic mass is 10.2. The van der Waals surface area contributed by atoms with E-state index in [0.29, 0.717) is 15.6 Å². The molecule has 0 fully saturated rings. The molecule has 1 amide bonds. The first kappa shape index (κ1) is 15.6. The van der Waals surface area contributed by atoms with Crippen molar-refractivity contribution < 1.29 is 4.79 Å². The van der Waals surface area contributed by atoms with Crippen LogP contribution in [0.2, 0.25) is 10.0 Å². The van der Waals surface area contributed by atoms with Crippen LogP contribution in [-0.4, -0.2) is 15.9 Å². The molecule has 1 unspecified atom stereocenters. The third-order valence-corrected chi connectivity index (χ3v) is 3.53. The summed E-state index contributed by atoms with van der Waals surface area (Å²) in [6.07, 6.45) is 7.20. The Kier molecular flexibility index (Phi) is 5.42. The number of aromatic nitrogens is 2. The van der Waals surface area contributed by atoms with E-state index in [2.05, 4.69) is 15.3 Å². The zero-order valence-electron chi connectivity index (χ0n) is 11.4. The number of benzene rings is 1. The average molecular weight is 324 g/mol. The molecule has 2 N–H and O–H groups in total. The lowest BCUT2D eigenvalue weighted by molar-refractivity contribution is -0.117. The van der Waals surface area contributed by atoms with E-state index in [9.17, 15) is 4.79 Å². The van der Waals surface area contributed by atoms with Crippen LogP contribution >= 0.6 is 23.2 Å². The molecule has 110 valence electrons. The maximum absolute atomic E-state index is 12.0. The number of rotatable bonds is 5. The molecule has 2 rings (SSSR count). The maximum atomic E-state index is 12.0. The summed E-state index contributed by atoms with van der Waals surface area (Å²) in [7, 11) is 0. The minimum atomic E-state index is -0.214. The highest BCUT2D eigenvalue weighted by Crippen LogP contribution is 2.21. The van der Waals surface area contributed by atoms with E-state index < -0.39 is 0 Å². The second-order valence-electron chi connectivity index (χ2n) is 4.44. The van der Waals surface area contributed by atoms with Gasteiger partial charge in [0.1, 0.15) is 5.82 Å². The Balaban J connectivity index is 2.04. The van der Waals surface area contributed by atoms with Gasteiger partial charge in [-0.1, -0.05) is 30.1 Å². The molecule has 0 aliphatic carbocycles. The monoisotopic (exact) mass is 323 g/mol. The number of halogens is 2. The standard InChI is InChI=1S/C15H15Cl2N3O/c1-2-13(15-18-7-8-19-15)20-14(21)6-3-10-9-11(16)4-5-12(10)17/h3-9,13H,2H2,1H3,(H,18,19)(H,20,21)/b6-3+. The maximum Gasteiger partial charge on any atom is 0.244 e. The van der Waals surface area contributed by atoms with Crippen LogP contribution in [0.5, 0.6) is 0 Å².